The van der Waals surface area contributed by atoms with Crippen LogP contribution in [-0.2, 0) is 0 Å². The highest BCUT2D eigenvalue weighted by atomic mass is 16.2. The van der Waals surface area contributed by atoms with E-state index in [1.54, 1.807) is 31.5 Å². The van der Waals surface area contributed by atoms with E-state index in [0.717, 1.165) is 5.56 Å². The van der Waals surface area contributed by atoms with Gasteiger partial charge in [-0.3, -0.25) is 14.5 Å². The standard InChI is InChI=1S/C14H13N3O2/c1-8-3-4-10-11(7-8)14(19)17(13(10)18)9(2)12-15-5-6-16-12/h3-7,9H,1-2H3,(H,15,16). The largest absolute Gasteiger partial charge is 0.347 e. The topological polar surface area (TPSA) is 66.1 Å². The van der Waals surface area contributed by atoms with Gasteiger partial charge in [0.1, 0.15) is 5.82 Å². The number of benzene rings is 1. The lowest BCUT2D eigenvalue weighted by Crippen LogP contribution is -2.33. The van der Waals surface area contributed by atoms with Crippen LogP contribution in [0, 0.1) is 6.92 Å². The maximum Gasteiger partial charge on any atom is 0.262 e. The van der Waals surface area contributed by atoms with Crippen LogP contribution >= 0.6 is 0 Å². The summed E-state index contributed by atoms with van der Waals surface area (Å²) in [4.78, 5) is 33.0. The van der Waals surface area contributed by atoms with Crippen molar-refractivity contribution in [2.75, 3.05) is 0 Å². The molecule has 19 heavy (non-hydrogen) atoms. The zero-order valence-corrected chi connectivity index (χ0v) is 10.7. The van der Waals surface area contributed by atoms with Crippen LogP contribution < -0.4 is 0 Å². The molecule has 96 valence electrons. The van der Waals surface area contributed by atoms with E-state index in [4.69, 9.17) is 0 Å². The van der Waals surface area contributed by atoms with Gasteiger partial charge in [0.2, 0.25) is 0 Å². The molecular formula is C14H13N3O2. The molecule has 2 amide bonds. The summed E-state index contributed by atoms with van der Waals surface area (Å²) in [6.45, 7) is 3.68. The van der Waals surface area contributed by atoms with Crippen molar-refractivity contribution in [3.8, 4) is 0 Å². The summed E-state index contributed by atoms with van der Waals surface area (Å²) in [6, 6.07) is 4.90. The van der Waals surface area contributed by atoms with Gasteiger partial charge in [-0.2, -0.15) is 0 Å². The lowest BCUT2D eigenvalue weighted by molar-refractivity contribution is 0.0589. The van der Waals surface area contributed by atoms with Crippen LogP contribution in [0.25, 0.3) is 0 Å². The number of carbonyl (C=O) groups excluding carboxylic acids is 2. The highest BCUT2D eigenvalue weighted by Gasteiger charge is 2.39. The van der Waals surface area contributed by atoms with Crippen LogP contribution in [-0.4, -0.2) is 26.7 Å². The molecule has 5 nitrogen and oxygen atoms in total. The number of imidazole rings is 1. The highest BCUT2D eigenvalue weighted by molar-refractivity contribution is 6.21. The first-order chi connectivity index (χ1) is 9.09. The van der Waals surface area contributed by atoms with Crippen molar-refractivity contribution in [1.29, 1.82) is 0 Å². The van der Waals surface area contributed by atoms with Crippen molar-refractivity contribution in [2.45, 2.75) is 19.9 Å². The van der Waals surface area contributed by atoms with Gasteiger partial charge in [-0.1, -0.05) is 11.6 Å². The third-order valence-electron chi connectivity index (χ3n) is 3.38. The first-order valence-electron chi connectivity index (χ1n) is 6.07. The molecule has 2 heterocycles. The second kappa shape index (κ2) is 4.05. The van der Waals surface area contributed by atoms with Gasteiger partial charge in [-0.15, -0.1) is 0 Å². The zero-order chi connectivity index (χ0) is 13.6. The number of nitrogens with zero attached hydrogens (tertiary/aromatic N) is 2. The number of aromatic amines is 1. The van der Waals surface area contributed by atoms with E-state index in [0.29, 0.717) is 17.0 Å². The van der Waals surface area contributed by atoms with Gasteiger partial charge in [0.05, 0.1) is 17.2 Å². The summed E-state index contributed by atoms with van der Waals surface area (Å²) >= 11 is 0. The highest BCUT2D eigenvalue weighted by Crippen LogP contribution is 2.30. The molecule has 3 rings (SSSR count). The third-order valence-corrected chi connectivity index (χ3v) is 3.38. The Morgan fingerprint density at radius 1 is 1.21 bits per heavy atom. The summed E-state index contributed by atoms with van der Waals surface area (Å²) in [7, 11) is 0. The number of aryl methyl sites for hydroxylation is 1. The number of nitrogens with one attached hydrogen (secondary N) is 1. The second-order valence-corrected chi connectivity index (χ2v) is 4.68. The van der Waals surface area contributed by atoms with Gasteiger partial charge in [0.15, 0.2) is 0 Å². The molecule has 1 aliphatic heterocycles. The van der Waals surface area contributed by atoms with E-state index in [2.05, 4.69) is 9.97 Å². The number of rotatable bonds is 2. The molecular weight excluding hydrogens is 242 g/mol. The molecule has 1 aliphatic rings. The van der Waals surface area contributed by atoms with Crippen molar-refractivity contribution in [3.05, 3.63) is 53.1 Å². The van der Waals surface area contributed by atoms with E-state index in [1.807, 2.05) is 13.0 Å². The maximum atomic E-state index is 12.4. The number of fused-ring (bicyclic) bond motifs is 1. The Balaban J connectivity index is 2.03. The van der Waals surface area contributed by atoms with E-state index in [1.165, 1.54) is 4.90 Å². The Kier molecular flexibility index (Phi) is 2.48. The average Bonchev–Trinajstić information content (AvgIpc) is 2.98. The van der Waals surface area contributed by atoms with Gasteiger partial charge in [0.25, 0.3) is 11.8 Å². The van der Waals surface area contributed by atoms with Crippen molar-refractivity contribution in [1.82, 2.24) is 14.9 Å². The molecule has 0 saturated carbocycles. The average molecular weight is 255 g/mol. The number of hydrogen-bond donors (Lipinski definition) is 1. The molecule has 0 spiro atoms. The van der Waals surface area contributed by atoms with Crippen molar-refractivity contribution >= 4 is 11.8 Å². The van der Waals surface area contributed by atoms with Crippen LogP contribution in [0.2, 0.25) is 0 Å². The molecule has 1 unspecified atom stereocenters. The minimum Gasteiger partial charge on any atom is -0.347 e. The Morgan fingerprint density at radius 3 is 2.63 bits per heavy atom. The predicted octanol–water partition coefficient (Wildman–Crippen LogP) is 2.08. The first kappa shape index (κ1) is 11.6. The van der Waals surface area contributed by atoms with E-state index < -0.39 is 6.04 Å². The molecule has 2 aromatic rings. The number of hydrogen-bond acceptors (Lipinski definition) is 3. The van der Waals surface area contributed by atoms with Crippen molar-refractivity contribution in [3.63, 3.8) is 0 Å². The maximum absolute atomic E-state index is 12.4. The zero-order valence-electron chi connectivity index (χ0n) is 10.7. The van der Waals surface area contributed by atoms with Crippen LogP contribution in [0.15, 0.2) is 30.6 Å². The normalized spacial score (nSPS) is 15.8. The summed E-state index contributed by atoms with van der Waals surface area (Å²) in [6.07, 6.45) is 3.28. The molecule has 5 heteroatoms. The monoisotopic (exact) mass is 255 g/mol. The first-order valence-corrected chi connectivity index (χ1v) is 6.07. The third kappa shape index (κ3) is 1.66. The fourth-order valence-electron chi connectivity index (χ4n) is 2.35. The molecule has 0 saturated heterocycles. The summed E-state index contributed by atoms with van der Waals surface area (Å²) in [5.74, 6) is 0.0859. The Labute approximate surface area is 110 Å². The smallest absolute Gasteiger partial charge is 0.262 e. The molecule has 0 bridgehead atoms. The number of aromatic nitrogens is 2. The van der Waals surface area contributed by atoms with E-state index in [-0.39, 0.29) is 11.8 Å². The Bertz CT molecular complexity index is 661. The SMILES string of the molecule is Cc1ccc2c(c1)C(=O)N(C(C)c1ncc[nH]1)C2=O. The Morgan fingerprint density at radius 2 is 1.95 bits per heavy atom. The molecule has 0 radical (unpaired) electrons. The van der Waals surface area contributed by atoms with E-state index >= 15 is 0 Å². The fourth-order valence-corrected chi connectivity index (χ4v) is 2.35. The minimum absolute atomic E-state index is 0.257. The molecule has 0 aliphatic carbocycles. The van der Waals surface area contributed by atoms with Crippen molar-refractivity contribution < 1.29 is 9.59 Å². The van der Waals surface area contributed by atoms with Gasteiger partial charge in [0, 0.05) is 12.4 Å². The number of amides is 2. The lowest BCUT2D eigenvalue weighted by Gasteiger charge is -2.20. The lowest BCUT2D eigenvalue weighted by atomic mass is 10.1. The minimum atomic E-state index is -0.400. The molecule has 1 aromatic heterocycles. The van der Waals surface area contributed by atoms with Gasteiger partial charge >= 0.3 is 0 Å². The van der Waals surface area contributed by atoms with Crippen LogP contribution in [0.3, 0.4) is 0 Å². The summed E-state index contributed by atoms with van der Waals surface area (Å²) in [5.41, 5.74) is 1.91. The molecule has 1 atom stereocenters. The van der Waals surface area contributed by atoms with Crippen LogP contribution in [0.4, 0.5) is 0 Å². The van der Waals surface area contributed by atoms with Gasteiger partial charge in [-0.25, -0.2) is 4.98 Å². The molecule has 1 N–H and O–H groups in total. The summed E-state index contributed by atoms with van der Waals surface area (Å²) < 4.78 is 0. The number of imide groups is 1. The van der Waals surface area contributed by atoms with Crippen molar-refractivity contribution in [2.24, 2.45) is 0 Å². The van der Waals surface area contributed by atoms with E-state index in [9.17, 15) is 9.59 Å². The fraction of sp³-hybridized carbons (Fsp3) is 0.214. The van der Waals surface area contributed by atoms with Crippen LogP contribution in [0.1, 0.15) is 45.1 Å². The van der Waals surface area contributed by atoms with Gasteiger partial charge in [-0.05, 0) is 26.0 Å². The van der Waals surface area contributed by atoms with Gasteiger partial charge < -0.3 is 4.98 Å². The molecule has 1 aromatic carbocycles. The predicted molar refractivity (Wildman–Crippen MR) is 68.7 cm³/mol. The second-order valence-electron chi connectivity index (χ2n) is 4.68. The number of H-pyrrole nitrogens is 1. The number of carbonyl (C=O) groups is 2. The van der Waals surface area contributed by atoms with Crippen LogP contribution in [0.5, 0.6) is 0 Å². The Hall–Kier alpha value is -2.43. The summed E-state index contributed by atoms with van der Waals surface area (Å²) in [5, 5.41) is 0. The molecule has 0 fully saturated rings. The quantitative estimate of drug-likeness (QED) is 0.835.